The Bertz CT molecular complexity index is 183. The third kappa shape index (κ3) is 0.516. The highest BCUT2D eigenvalue weighted by Crippen LogP contribution is 2.67. The summed E-state index contributed by atoms with van der Waals surface area (Å²) in [5.41, 5.74) is 0.600. The van der Waals surface area contributed by atoms with E-state index < -0.39 is 0 Å². The van der Waals surface area contributed by atoms with Crippen molar-refractivity contribution in [3.8, 4) is 0 Å². The average Bonchev–Trinajstić information content (AvgIpc) is 2.60. The number of ether oxygens (including phenoxy) is 1. The Morgan fingerprint density at radius 3 is 1.55 bits per heavy atom. The molecule has 0 spiro atoms. The molecule has 0 amide bonds. The van der Waals surface area contributed by atoms with Gasteiger partial charge in [-0.3, -0.25) is 0 Å². The Morgan fingerprint density at radius 2 is 1.27 bits per heavy atom. The number of epoxide rings is 1. The van der Waals surface area contributed by atoms with Crippen LogP contribution in [0.15, 0.2) is 0 Å². The minimum absolute atomic E-state index is 0.300. The molecule has 0 aromatic heterocycles. The average molecular weight is 152 g/mol. The molecule has 2 unspecified atom stereocenters. The first-order valence-electron chi connectivity index (χ1n) is 4.87. The van der Waals surface area contributed by atoms with Crippen molar-refractivity contribution in [1.29, 1.82) is 0 Å². The molecule has 4 rings (SSSR count). The van der Waals surface area contributed by atoms with Crippen molar-refractivity contribution in [2.24, 2.45) is 11.8 Å². The smallest absolute Gasteiger partial charge is 0.0980 e. The van der Waals surface area contributed by atoms with E-state index in [9.17, 15) is 0 Å². The molecule has 1 saturated heterocycles. The quantitative estimate of drug-likeness (QED) is 0.485. The summed E-state index contributed by atoms with van der Waals surface area (Å²) < 4.78 is 5.94. The maximum Gasteiger partial charge on any atom is 0.0980 e. The molecule has 0 N–H and O–H groups in total. The molecule has 62 valence electrons. The molecule has 1 aliphatic heterocycles. The van der Waals surface area contributed by atoms with Crippen molar-refractivity contribution in [2.75, 3.05) is 0 Å². The van der Waals surface area contributed by atoms with Gasteiger partial charge in [-0.15, -0.1) is 0 Å². The maximum absolute atomic E-state index is 5.94. The van der Waals surface area contributed by atoms with Crippen LogP contribution in [0.3, 0.4) is 0 Å². The molecule has 2 bridgehead atoms. The zero-order chi connectivity index (χ0) is 7.69. The van der Waals surface area contributed by atoms with Gasteiger partial charge in [0.2, 0.25) is 0 Å². The van der Waals surface area contributed by atoms with Crippen molar-refractivity contribution in [2.45, 2.75) is 50.7 Å². The summed E-state index contributed by atoms with van der Waals surface area (Å²) in [7, 11) is 0. The van der Waals surface area contributed by atoms with Crippen molar-refractivity contribution >= 4 is 0 Å². The Kier molecular flexibility index (Phi) is 0.893. The SMILES string of the molecule is CC12OC1(C)C1CCC2CC1. The van der Waals surface area contributed by atoms with E-state index >= 15 is 0 Å². The van der Waals surface area contributed by atoms with Crippen molar-refractivity contribution in [1.82, 2.24) is 0 Å². The second-order valence-corrected chi connectivity index (χ2v) is 4.86. The van der Waals surface area contributed by atoms with Crippen LogP contribution in [0, 0.1) is 11.8 Å². The van der Waals surface area contributed by atoms with E-state index in [4.69, 9.17) is 4.74 Å². The monoisotopic (exact) mass is 152 g/mol. The van der Waals surface area contributed by atoms with Crippen LogP contribution in [0.4, 0.5) is 0 Å². The van der Waals surface area contributed by atoms with Gasteiger partial charge in [0.15, 0.2) is 0 Å². The van der Waals surface area contributed by atoms with E-state index in [0.29, 0.717) is 11.2 Å². The molecule has 0 aromatic rings. The summed E-state index contributed by atoms with van der Waals surface area (Å²) in [5.74, 6) is 1.77. The predicted octanol–water partition coefficient (Wildman–Crippen LogP) is 2.35. The lowest BCUT2D eigenvalue weighted by atomic mass is 9.60. The van der Waals surface area contributed by atoms with Crippen LogP contribution in [0.1, 0.15) is 39.5 Å². The highest BCUT2D eigenvalue weighted by molar-refractivity contribution is 5.21. The molecule has 0 radical (unpaired) electrons. The Morgan fingerprint density at radius 1 is 0.909 bits per heavy atom. The first kappa shape index (κ1) is 6.47. The summed E-state index contributed by atoms with van der Waals surface area (Å²) >= 11 is 0. The maximum atomic E-state index is 5.94. The summed E-state index contributed by atoms with van der Waals surface area (Å²) in [5, 5.41) is 0. The zero-order valence-corrected chi connectivity index (χ0v) is 7.39. The molecule has 1 nitrogen and oxygen atoms in total. The molecular formula is C10H16O. The van der Waals surface area contributed by atoms with Gasteiger partial charge in [0.05, 0.1) is 11.2 Å². The molecule has 4 fully saturated rings. The molecule has 0 aromatic carbocycles. The highest BCUT2D eigenvalue weighted by Gasteiger charge is 2.73. The molecule has 1 heterocycles. The fraction of sp³-hybridized carbons (Fsp3) is 1.00. The number of fused-ring (bicyclic) bond motifs is 2. The lowest BCUT2D eigenvalue weighted by Gasteiger charge is -2.40. The number of hydrogen-bond acceptors (Lipinski definition) is 1. The highest BCUT2D eigenvalue weighted by atomic mass is 16.6. The van der Waals surface area contributed by atoms with Gasteiger partial charge in [0, 0.05) is 0 Å². The summed E-state index contributed by atoms with van der Waals surface area (Å²) in [6.07, 6.45) is 5.71. The van der Waals surface area contributed by atoms with Crippen LogP contribution >= 0.6 is 0 Å². The first-order chi connectivity index (χ1) is 5.17. The van der Waals surface area contributed by atoms with Gasteiger partial charge in [-0.05, 0) is 51.4 Å². The van der Waals surface area contributed by atoms with E-state index in [1.54, 1.807) is 0 Å². The Labute approximate surface area is 68.1 Å². The van der Waals surface area contributed by atoms with E-state index in [-0.39, 0.29) is 0 Å². The van der Waals surface area contributed by atoms with Gasteiger partial charge in [-0.1, -0.05) is 0 Å². The lowest BCUT2D eigenvalue weighted by Crippen LogP contribution is -2.44. The van der Waals surface area contributed by atoms with Crippen LogP contribution in [0.5, 0.6) is 0 Å². The largest absolute Gasteiger partial charge is 0.363 e. The first-order valence-corrected chi connectivity index (χ1v) is 4.87. The standard InChI is InChI=1S/C10H16O/c1-9-7-3-5-8(6-4-7)10(9,2)11-9/h7-8H,3-6H2,1-2H3. The number of hydrogen-bond donors (Lipinski definition) is 0. The van der Waals surface area contributed by atoms with E-state index in [0.717, 1.165) is 11.8 Å². The van der Waals surface area contributed by atoms with E-state index in [1.165, 1.54) is 25.7 Å². The minimum atomic E-state index is 0.300. The van der Waals surface area contributed by atoms with Crippen molar-refractivity contribution in [3.05, 3.63) is 0 Å². The molecule has 1 heteroatoms. The zero-order valence-electron chi connectivity index (χ0n) is 7.39. The van der Waals surface area contributed by atoms with Gasteiger partial charge < -0.3 is 4.74 Å². The molecule has 2 atom stereocenters. The summed E-state index contributed by atoms with van der Waals surface area (Å²) in [4.78, 5) is 0. The molecule has 4 aliphatic rings. The van der Waals surface area contributed by atoms with Gasteiger partial charge in [-0.2, -0.15) is 0 Å². The van der Waals surface area contributed by atoms with E-state index in [2.05, 4.69) is 13.8 Å². The fourth-order valence-electron chi connectivity index (χ4n) is 3.59. The van der Waals surface area contributed by atoms with Crippen LogP contribution in [0.2, 0.25) is 0 Å². The summed E-state index contributed by atoms with van der Waals surface area (Å²) in [6, 6.07) is 0. The lowest BCUT2D eigenvalue weighted by molar-refractivity contribution is 0.131. The van der Waals surface area contributed by atoms with Crippen LogP contribution in [-0.4, -0.2) is 11.2 Å². The number of rotatable bonds is 0. The minimum Gasteiger partial charge on any atom is -0.363 e. The van der Waals surface area contributed by atoms with Crippen molar-refractivity contribution in [3.63, 3.8) is 0 Å². The predicted molar refractivity (Wildman–Crippen MR) is 43.3 cm³/mol. The van der Waals surface area contributed by atoms with Crippen LogP contribution < -0.4 is 0 Å². The van der Waals surface area contributed by atoms with Crippen LogP contribution in [-0.2, 0) is 4.74 Å². The fourth-order valence-corrected chi connectivity index (χ4v) is 3.59. The third-order valence-electron chi connectivity index (χ3n) is 4.65. The topological polar surface area (TPSA) is 12.5 Å². The van der Waals surface area contributed by atoms with Gasteiger partial charge in [-0.25, -0.2) is 0 Å². The Hall–Kier alpha value is -0.0400. The summed E-state index contributed by atoms with van der Waals surface area (Å²) in [6.45, 7) is 4.64. The van der Waals surface area contributed by atoms with Gasteiger partial charge in [0.25, 0.3) is 0 Å². The third-order valence-corrected chi connectivity index (χ3v) is 4.65. The second-order valence-electron chi connectivity index (χ2n) is 4.86. The normalized spacial score (nSPS) is 66.0. The van der Waals surface area contributed by atoms with E-state index in [1.807, 2.05) is 0 Å². The second kappa shape index (κ2) is 1.52. The Balaban J connectivity index is 2.03. The molecular weight excluding hydrogens is 136 g/mol. The van der Waals surface area contributed by atoms with Gasteiger partial charge in [0.1, 0.15) is 0 Å². The molecule has 3 aliphatic carbocycles. The van der Waals surface area contributed by atoms with Crippen LogP contribution in [0.25, 0.3) is 0 Å². The molecule has 11 heavy (non-hydrogen) atoms. The van der Waals surface area contributed by atoms with Gasteiger partial charge >= 0.3 is 0 Å². The molecule has 3 saturated carbocycles. The van der Waals surface area contributed by atoms with Crippen molar-refractivity contribution < 1.29 is 4.74 Å².